The molecule has 0 amide bonds. The van der Waals surface area contributed by atoms with Crippen LogP contribution in [0.15, 0.2) is 0 Å². The fourth-order valence-electron chi connectivity index (χ4n) is 1.94. The van der Waals surface area contributed by atoms with Crippen molar-refractivity contribution in [2.75, 3.05) is 92.5 Å². The minimum atomic E-state index is 0.733. The Morgan fingerprint density at radius 2 is 0.556 bits per heavy atom. The molecule has 0 atom stereocenters. The Morgan fingerprint density at radius 1 is 0.250 bits per heavy atom. The van der Waals surface area contributed by atoms with E-state index in [9.17, 15) is 0 Å². The highest BCUT2D eigenvalue weighted by Gasteiger charge is 1.85. The first-order valence-corrected chi connectivity index (χ1v) is 14.6. The van der Waals surface area contributed by atoms with E-state index in [-0.39, 0.29) is 0 Å². The number of rotatable bonds is 21. The van der Waals surface area contributed by atoms with Crippen LogP contribution in [0.25, 0.3) is 0 Å². The maximum atomic E-state index is 5.16. The summed E-state index contributed by atoms with van der Waals surface area (Å²) in [5.41, 5.74) is 0. The Hall–Kier alpha value is -0.280. The lowest BCUT2D eigenvalue weighted by Crippen LogP contribution is -2.03. The van der Waals surface area contributed by atoms with E-state index >= 15 is 0 Å². The first kappa shape index (κ1) is 45.6. The van der Waals surface area contributed by atoms with Crippen LogP contribution in [0.5, 0.6) is 0 Å². The molecule has 0 aliphatic heterocycles. The molecule has 7 heteroatoms. The maximum Gasteiger partial charge on any atom is 0.0700 e. The highest BCUT2D eigenvalue weighted by molar-refractivity contribution is 4.32. The van der Waals surface area contributed by atoms with Crippen molar-refractivity contribution in [1.29, 1.82) is 0 Å². The second-order valence-electron chi connectivity index (χ2n) is 7.09. The van der Waals surface area contributed by atoms with E-state index in [0.717, 1.165) is 112 Å². The van der Waals surface area contributed by atoms with Crippen molar-refractivity contribution in [3.63, 3.8) is 0 Å². The first-order chi connectivity index (χ1) is 17.6. The average molecular weight is 529 g/mol. The highest BCUT2D eigenvalue weighted by Crippen LogP contribution is 1.86. The minimum Gasteiger partial charge on any atom is -0.382 e. The molecule has 0 aromatic carbocycles. The molecule has 0 rings (SSSR count). The molecule has 0 fully saturated rings. The fraction of sp³-hybridized carbons (Fsp3) is 1.00. The van der Waals surface area contributed by atoms with Crippen LogP contribution >= 0.6 is 0 Å². The lowest BCUT2D eigenvalue weighted by molar-refractivity contribution is 0.0531. The summed E-state index contributed by atoms with van der Waals surface area (Å²) in [6.45, 7) is 32.0. The molecule has 226 valence electrons. The molecule has 0 aromatic heterocycles. The van der Waals surface area contributed by atoms with Gasteiger partial charge < -0.3 is 33.2 Å². The third-order valence-electron chi connectivity index (χ3n) is 3.72. The van der Waals surface area contributed by atoms with Crippen molar-refractivity contribution in [2.45, 2.75) is 101 Å². The van der Waals surface area contributed by atoms with Crippen molar-refractivity contribution in [3.05, 3.63) is 0 Å². The molecule has 0 saturated carbocycles. The van der Waals surface area contributed by atoms with Gasteiger partial charge in [-0.3, -0.25) is 0 Å². The number of hydrogen-bond donors (Lipinski definition) is 0. The Bertz CT molecular complexity index is 234. The monoisotopic (exact) mass is 528 g/mol. The van der Waals surface area contributed by atoms with E-state index in [0.29, 0.717) is 0 Å². The van der Waals surface area contributed by atoms with Gasteiger partial charge in [0.25, 0.3) is 0 Å². The third-order valence-corrected chi connectivity index (χ3v) is 3.72. The normalized spacial score (nSPS) is 9.50. The molecule has 0 N–H and O–H groups in total. The summed E-state index contributed by atoms with van der Waals surface area (Å²) in [6, 6.07) is 0. The van der Waals surface area contributed by atoms with E-state index < -0.39 is 0 Å². The van der Waals surface area contributed by atoms with Gasteiger partial charge in [-0.15, -0.1) is 0 Å². The molecule has 0 heterocycles. The molecule has 7 nitrogen and oxygen atoms in total. The van der Waals surface area contributed by atoms with E-state index in [4.69, 9.17) is 33.2 Å². The fourth-order valence-corrected chi connectivity index (χ4v) is 1.94. The van der Waals surface area contributed by atoms with Crippen LogP contribution in [0.1, 0.15) is 101 Å². The Balaban J connectivity index is -0.000000113. The van der Waals surface area contributed by atoms with Crippen LogP contribution in [-0.4, -0.2) is 92.5 Å². The number of unbranched alkanes of at least 4 members (excludes halogenated alkanes) is 1. The Labute approximate surface area is 227 Å². The standard InChI is InChI=1S/2C7H16O2.C6H14O.C5H12O.C4H10O/c1-3-8-6-5-7-9-4-2;1-3-5-9-7-6-8-4-2;1-3-5-6-7-4-2;1-3-5-6-4-2;1-3-5-4-2/h2*3-7H2,1-2H3;3-6H2,1-2H3;3-5H2,1-2H3;3-4H2,1-2H3. The van der Waals surface area contributed by atoms with Gasteiger partial charge in [0.15, 0.2) is 0 Å². The molecule has 0 aliphatic rings. The summed E-state index contributed by atoms with van der Waals surface area (Å²) >= 11 is 0. The molecule has 0 aromatic rings. The lowest BCUT2D eigenvalue weighted by Gasteiger charge is -2.00. The van der Waals surface area contributed by atoms with Gasteiger partial charge in [0.05, 0.1) is 13.2 Å². The van der Waals surface area contributed by atoms with Crippen molar-refractivity contribution < 1.29 is 33.2 Å². The van der Waals surface area contributed by atoms with Gasteiger partial charge in [-0.25, -0.2) is 0 Å². The smallest absolute Gasteiger partial charge is 0.0700 e. The van der Waals surface area contributed by atoms with Gasteiger partial charge in [-0.1, -0.05) is 27.2 Å². The summed E-state index contributed by atoms with van der Waals surface area (Å²) in [5.74, 6) is 0. The van der Waals surface area contributed by atoms with Crippen LogP contribution in [0.3, 0.4) is 0 Å². The quantitative estimate of drug-likeness (QED) is 0.146. The van der Waals surface area contributed by atoms with E-state index in [2.05, 4.69) is 20.8 Å². The van der Waals surface area contributed by atoms with E-state index in [1.54, 1.807) is 0 Å². The van der Waals surface area contributed by atoms with Crippen molar-refractivity contribution >= 4 is 0 Å². The van der Waals surface area contributed by atoms with Crippen molar-refractivity contribution in [3.8, 4) is 0 Å². The molecule has 0 unspecified atom stereocenters. The van der Waals surface area contributed by atoms with Crippen molar-refractivity contribution in [2.24, 2.45) is 0 Å². The topological polar surface area (TPSA) is 64.6 Å². The van der Waals surface area contributed by atoms with Gasteiger partial charge in [-0.2, -0.15) is 0 Å². The average Bonchev–Trinajstić information content (AvgIpc) is 2.90. The van der Waals surface area contributed by atoms with E-state index in [1.807, 2.05) is 48.5 Å². The van der Waals surface area contributed by atoms with Crippen LogP contribution in [0.2, 0.25) is 0 Å². The SMILES string of the molecule is CCCCOCC.CCCOCC.CCCOCCOCC.CCOCC.CCOCCCOCC. The largest absolute Gasteiger partial charge is 0.382 e. The van der Waals surface area contributed by atoms with Gasteiger partial charge in [0.1, 0.15) is 0 Å². The molecule has 0 bridgehead atoms. The van der Waals surface area contributed by atoms with Gasteiger partial charge >= 0.3 is 0 Å². The van der Waals surface area contributed by atoms with Gasteiger partial charge in [0, 0.05) is 79.3 Å². The molecule has 0 aliphatic carbocycles. The maximum absolute atomic E-state index is 5.16. The summed E-state index contributed by atoms with van der Waals surface area (Å²) in [5, 5.41) is 0. The van der Waals surface area contributed by atoms with Crippen molar-refractivity contribution in [1.82, 2.24) is 0 Å². The molecule has 0 spiro atoms. The van der Waals surface area contributed by atoms with Gasteiger partial charge in [-0.05, 0) is 74.1 Å². The number of hydrogen-bond acceptors (Lipinski definition) is 7. The summed E-state index contributed by atoms with van der Waals surface area (Å²) in [4.78, 5) is 0. The molecule has 0 radical (unpaired) electrons. The first-order valence-electron chi connectivity index (χ1n) is 14.6. The number of ether oxygens (including phenoxy) is 7. The summed E-state index contributed by atoms with van der Waals surface area (Å²) in [6.07, 6.45) is 5.68. The zero-order chi connectivity index (χ0) is 28.4. The zero-order valence-corrected chi connectivity index (χ0v) is 26.3. The Morgan fingerprint density at radius 3 is 0.861 bits per heavy atom. The molecule has 0 saturated heterocycles. The summed E-state index contributed by atoms with van der Waals surface area (Å²) in [7, 11) is 0. The third kappa shape index (κ3) is 84.1. The van der Waals surface area contributed by atoms with Crippen LogP contribution in [0, 0.1) is 0 Å². The van der Waals surface area contributed by atoms with Crippen LogP contribution in [-0.2, 0) is 33.2 Å². The highest BCUT2D eigenvalue weighted by atomic mass is 16.5. The van der Waals surface area contributed by atoms with Gasteiger partial charge in [0.2, 0.25) is 0 Å². The second-order valence-corrected chi connectivity index (χ2v) is 7.09. The van der Waals surface area contributed by atoms with E-state index in [1.165, 1.54) is 12.8 Å². The zero-order valence-electron chi connectivity index (χ0n) is 26.3. The molecular weight excluding hydrogens is 460 g/mol. The van der Waals surface area contributed by atoms with Crippen LogP contribution in [0.4, 0.5) is 0 Å². The predicted molar refractivity (Wildman–Crippen MR) is 156 cm³/mol. The second kappa shape index (κ2) is 59.7. The minimum absolute atomic E-state index is 0.733. The summed E-state index contributed by atoms with van der Waals surface area (Å²) < 4.78 is 35.3. The lowest BCUT2D eigenvalue weighted by atomic mass is 10.4. The molecular formula is C29H68O7. The predicted octanol–water partition coefficient (Wildman–Crippen LogP) is 7.20. The Kier molecular flexibility index (Phi) is 75.6. The molecule has 36 heavy (non-hydrogen) atoms. The van der Waals surface area contributed by atoms with Crippen LogP contribution < -0.4 is 0 Å².